The lowest BCUT2D eigenvalue weighted by atomic mass is 10.2. The van der Waals surface area contributed by atoms with Gasteiger partial charge in [-0.2, -0.15) is 11.8 Å². The smallest absolute Gasteiger partial charge is 0.151 e. The molecule has 2 aliphatic rings. The average molecular weight is 250 g/mol. The maximum atomic E-state index is 11.4. The van der Waals surface area contributed by atoms with E-state index in [-0.39, 0.29) is 6.04 Å². The molecule has 2 N–H and O–H groups in total. The zero-order valence-electron chi connectivity index (χ0n) is 8.76. The highest BCUT2D eigenvalue weighted by Gasteiger charge is 2.34. The van der Waals surface area contributed by atoms with Crippen molar-refractivity contribution in [3.63, 3.8) is 0 Å². The largest absolute Gasteiger partial charge is 0.329 e. The van der Waals surface area contributed by atoms with Crippen LogP contribution < -0.4 is 5.73 Å². The molecule has 2 rings (SSSR count). The SMILES string of the molecule is NCC1CN(C2CCS(=O)(=O)C2)CCS1. The molecular weight excluding hydrogens is 232 g/mol. The number of nitrogens with two attached hydrogens (primary N) is 1. The molecule has 0 aromatic rings. The molecule has 4 nitrogen and oxygen atoms in total. The second-order valence-corrected chi connectivity index (χ2v) is 7.92. The topological polar surface area (TPSA) is 63.4 Å². The van der Waals surface area contributed by atoms with E-state index in [0.29, 0.717) is 23.3 Å². The summed E-state index contributed by atoms with van der Waals surface area (Å²) in [4.78, 5) is 2.32. The highest BCUT2D eigenvalue weighted by atomic mass is 32.2. The Labute approximate surface area is 95.5 Å². The molecule has 15 heavy (non-hydrogen) atoms. The van der Waals surface area contributed by atoms with Crippen LogP contribution in [0.5, 0.6) is 0 Å². The van der Waals surface area contributed by atoms with Gasteiger partial charge in [0.25, 0.3) is 0 Å². The van der Waals surface area contributed by atoms with Gasteiger partial charge in [-0.15, -0.1) is 0 Å². The fraction of sp³-hybridized carbons (Fsp3) is 1.00. The summed E-state index contributed by atoms with van der Waals surface area (Å²) in [6, 6.07) is 0.255. The van der Waals surface area contributed by atoms with Crippen molar-refractivity contribution in [2.75, 3.05) is 36.9 Å². The predicted molar refractivity (Wildman–Crippen MR) is 63.9 cm³/mol. The van der Waals surface area contributed by atoms with E-state index >= 15 is 0 Å². The summed E-state index contributed by atoms with van der Waals surface area (Å²) < 4.78 is 22.8. The summed E-state index contributed by atoms with van der Waals surface area (Å²) in [5.74, 6) is 1.81. The summed E-state index contributed by atoms with van der Waals surface area (Å²) in [5.41, 5.74) is 5.65. The first-order valence-corrected chi connectivity index (χ1v) is 8.24. The van der Waals surface area contributed by atoms with Crippen LogP contribution in [0.1, 0.15) is 6.42 Å². The summed E-state index contributed by atoms with van der Waals surface area (Å²) in [6.45, 7) is 2.67. The lowest BCUT2D eigenvalue weighted by molar-refractivity contribution is 0.220. The van der Waals surface area contributed by atoms with Gasteiger partial charge < -0.3 is 5.73 Å². The van der Waals surface area contributed by atoms with Gasteiger partial charge in [-0.05, 0) is 6.42 Å². The number of sulfone groups is 1. The van der Waals surface area contributed by atoms with Crippen molar-refractivity contribution in [3.8, 4) is 0 Å². The Morgan fingerprint density at radius 1 is 1.47 bits per heavy atom. The molecule has 2 heterocycles. The quantitative estimate of drug-likeness (QED) is 0.719. The van der Waals surface area contributed by atoms with Crippen LogP contribution in [0.4, 0.5) is 0 Å². The van der Waals surface area contributed by atoms with E-state index in [4.69, 9.17) is 5.73 Å². The lowest BCUT2D eigenvalue weighted by Crippen LogP contribution is -2.46. The van der Waals surface area contributed by atoms with Gasteiger partial charge in [-0.1, -0.05) is 0 Å². The van der Waals surface area contributed by atoms with E-state index < -0.39 is 9.84 Å². The summed E-state index contributed by atoms with van der Waals surface area (Å²) >= 11 is 1.91. The number of rotatable bonds is 2. The van der Waals surface area contributed by atoms with Gasteiger partial charge in [0.1, 0.15) is 0 Å². The Hall–Kier alpha value is 0.220. The number of nitrogens with zero attached hydrogens (tertiary/aromatic N) is 1. The molecule has 0 saturated carbocycles. The summed E-state index contributed by atoms with van der Waals surface area (Å²) in [7, 11) is -2.75. The molecule has 6 heteroatoms. The van der Waals surface area contributed by atoms with Gasteiger partial charge in [0.15, 0.2) is 9.84 Å². The third kappa shape index (κ3) is 2.87. The Morgan fingerprint density at radius 2 is 2.27 bits per heavy atom. The Balaban J connectivity index is 1.94. The minimum absolute atomic E-state index is 0.255. The lowest BCUT2D eigenvalue weighted by Gasteiger charge is -2.35. The second-order valence-electron chi connectivity index (χ2n) is 4.28. The van der Waals surface area contributed by atoms with E-state index in [1.807, 2.05) is 11.8 Å². The van der Waals surface area contributed by atoms with Gasteiger partial charge in [0.05, 0.1) is 11.5 Å². The standard InChI is InChI=1S/C9H18N2O2S2/c10-5-9-6-11(2-3-14-9)8-1-4-15(12,13)7-8/h8-9H,1-7,10H2. The van der Waals surface area contributed by atoms with Crippen molar-refractivity contribution in [1.29, 1.82) is 0 Å². The van der Waals surface area contributed by atoms with Gasteiger partial charge in [0.2, 0.25) is 0 Å². The van der Waals surface area contributed by atoms with Crippen LogP contribution in [0.3, 0.4) is 0 Å². The van der Waals surface area contributed by atoms with E-state index in [1.54, 1.807) is 0 Å². The van der Waals surface area contributed by atoms with E-state index in [0.717, 1.165) is 25.3 Å². The van der Waals surface area contributed by atoms with Crippen LogP contribution in [0.15, 0.2) is 0 Å². The van der Waals surface area contributed by atoms with Crippen molar-refractivity contribution in [2.45, 2.75) is 17.7 Å². The van der Waals surface area contributed by atoms with Crippen molar-refractivity contribution >= 4 is 21.6 Å². The third-order valence-electron chi connectivity index (χ3n) is 3.16. The number of thioether (sulfide) groups is 1. The molecule has 0 radical (unpaired) electrons. The molecule has 0 aromatic carbocycles. The van der Waals surface area contributed by atoms with Gasteiger partial charge in [-0.25, -0.2) is 8.42 Å². The van der Waals surface area contributed by atoms with Crippen LogP contribution in [0.2, 0.25) is 0 Å². The van der Waals surface area contributed by atoms with Gasteiger partial charge in [0, 0.05) is 36.7 Å². The maximum Gasteiger partial charge on any atom is 0.151 e. The van der Waals surface area contributed by atoms with Crippen molar-refractivity contribution in [1.82, 2.24) is 4.90 Å². The fourth-order valence-electron chi connectivity index (χ4n) is 2.28. The van der Waals surface area contributed by atoms with Crippen LogP contribution >= 0.6 is 11.8 Å². The molecular formula is C9H18N2O2S2. The normalized spacial score (nSPS) is 36.9. The molecule has 2 aliphatic heterocycles. The second kappa shape index (κ2) is 4.61. The highest BCUT2D eigenvalue weighted by molar-refractivity contribution is 8.00. The third-order valence-corrected chi connectivity index (χ3v) is 6.14. The van der Waals surface area contributed by atoms with E-state index in [9.17, 15) is 8.42 Å². The number of hydrogen-bond donors (Lipinski definition) is 1. The summed E-state index contributed by atoms with van der Waals surface area (Å²) in [5, 5.41) is 0.488. The highest BCUT2D eigenvalue weighted by Crippen LogP contribution is 2.24. The predicted octanol–water partition coefficient (Wildman–Crippen LogP) is -0.450. The van der Waals surface area contributed by atoms with E-state index in [1.165, 1.54) is 0 Å². The number of hydrogen-bond acceptors (Lipinski definition) is 5. The van der Waals surface area contributed by atoms with Crippen molar-refractivity contribution < 1.29 is 8.42 Å². The molecule has 2 unspecified atom stereocenters. The van der Waals surface area contributed by atoms with Crippen molar-refractivity contribution in [2.24, 2.45) is 5.73 Å². The Kier molecular flexibility index (Phi) is 3.59. The molecule has 2 saturated heterocycles. The maximum absolute atomic E-state index is 11.4. The minimum Gasteiger partial charge on any atom is -0.329 e. The fourth-order valence-corrected chi connectivity index (χ4v) is 5.15. The first-order chi connectivity index (χ1) is 7.11. The average Bonchev–Trinajstić information content (AvgIpc) is 2.59. The van der Waals surface area contributed by atoms with Gasteiger partial charge in [-0.3, -0.25) is 4.90 Å². The molecule has 0 bridgehead atoms. The Bertz CT molecular complexity index is 318. The molecule has 0 aliphatic carbocycles. The van der Waals surface area contributed by atoms with Crippen molar-refractivity contribution in [3.05, 3.63) is 0 Å². The van der Waals surface area contributed by atoms with E-state index in [2.05, 4.69) is 4.90 Å². The van der Waals surface area contributed by atoms with Crippen LogP contribution in [0.25, 0.3) is 0 Å². The molecule has 0 amide bonds. The monoisotopic (exact) mass is 250 g/mol. The zero-order chi connectivity index (χ0) is 10.9. The molecule has 88 valence electrons. The molecule has 2 fully saturated rings. The summed E-state index contributed by atoms with van der Waals surface area (Å²) in [6.07, 6.45) is 0.810. The molecule has 2 atom stereocenters. The molecule has 0 spiro atoms. The van der Waals surface area contributed by atoms with Crippen LogP contribution in [-0.4, -0.2) is 61.5 Å². The zero-order valence-corrected chi connectivity index (χ0v) is 10.4. The first kappa shape index (κ1) is 11.7. The first-order valence-electron chi connectivity index (χ1n) is 5.37. The molecule has 0 aromatic heterocycles. The van der Waals surface area contributed by atoms with Crippen LogP contribution in [-0.2, 0) is 9.84 Å². The Morgan fingerprint density at radius 3 is 2.87 bits per heavy atom. The minimum atomic E-state index is -2.75. The van der Waals surface area contributed by atoms with Crippen LogP contribution in [0, 0.1) is 0 Å². The van der Waals surface area contributed by atoms with Gasteiger partial charge >= 0.3 is 0 Å².